The SMILES string of the molecule is CC(=O)O[C@H]1CC[C@]2(C)C3=CC[C@]4(C)C([C@@H](C)CC(C)C(C)C(C)C)CC[C@@]4(C)C3CCC2C1(C)C. The smallest absolute Gasteiger partial charge is 0.302 e. The summed E-state index contributed by atoms with van der Waals surface area (Å²) in [5.41, 5.74) is 2.90. The fraction of sp³-hybridized carbons (Fsp3) is 0.912. The van der Waals surface area contributed by atoms with Crippen molar-refractivity contribution in [1.82, 2.24) is 0 Å². The number of esters is 1. The number of rotatable bonds is 6. The van der Waals surface area contributed by atoms with E-state index in [1.54, 1.807) is 12.5 Å². The molecule has 10 atom stereocenters. The summed E-state index contributed by atoms with van der Waals surface area (Å²) < 4.78 is 5.89. The van der Waals surface area contributed by atoms with Crippen molar-refractivity contribution in [2.45, 2.75) is 134 Å². The second-order valence-electron chi connectivity index (χ2n) is 15.7. The van der Waals surface area contributed by atoms with Crippen LogP contribution >= 0.6 is 0 Å². The van der Waals surface area contributed by atoms with Crippen LogP contribution in [0.4, 0.5) is 0 Å². The Balaban J connectivity index is 1.60. The first-order chi connectivity index (χ1) is 16.6. The molecular weight excluding hydrogens is 440 g/mol. The first-order valence-corrected chi connectivity index (χ1v) is 15.5. The second kappa shape index (κ2) is 9.44. The van der Waals surface area contributed by atoms with Gasteiger partial charge in [-0.3, -0.25) is 4.79 Å². The van der Waals surface area contributed by atoms with Gasteiger partial charge in [-0.15, -0.1) is 0 Å². The molecule has 0 amide bonds. The van der Waals surface area contributed by atoms with Crippen molar-refractivity contribution in [3.8, 4) is 0 Å². The highest BCUT2D eigenvalue weighted by molar-refractivity contribution is 5.66. The molecule has 5 unspecified atom stereocenters. The zero-order valence-electron chi connectivity index (χ0n) is 25.7. The van der Waals surface area contributed by atoms with Gasteiger partial charge < -0.3 is 4.74 Å². The first-order valence-electron chi connectivity index (χ1n) is 15.5. The Morgan fingerprint density at radius 1 is 0.944 bits per heavy atom. The van der Waals surface area contributed by atoms with Gasteiger partial charge in [0.05, 0.1) is 0 Å². The summed E-state index contributed by atoms with van der Waals surface area (Å²) in [7, 11) is 0. The summed E-state index contributed by atoms with van der Waals surface area (Å²) >= 11 is 0. The molecule has 0 heterocycles. The standard InChI is InChI=1S/C34H58O2/c1-21(2)24(5)22(3)20-23(4)26-14-18-34(11)28-12-13-29-31(7,8)30(36-25(6)35)16-17-32(29,9)27(28)15-19-33(26,34)10/h15,21-24,26,28-30H,12-14,16-20H2,1-11H3/t22?,23-,24?,26?,28?,29?,30-,32+,33+,34-/m0/s1. The van der Waals surface area contributed by atoms with Crippen LogP contribution in [0.2, 0.25) is 0 Å². The summed E-state index contributed by atoms with van der Waals surface area (Å²) in [5.74, 6) is 5.20. The molecule has 0 spiro atoms. The predicted octanol–water partition coefficient (Wildman–Crippen LogP) is 9.48. The summed E-state index contributed by atoms with van der Waals surface area (Å²) in [4.78, 5) is 11.9. The van der Waals surface area contributed by atoms with Crippen molar-refractivity contribution < 1.29 is 9.53 Å². The second-order valence-corrected chi connectivity index (χ2v) is 15.7. The molecule has 0 bridgehead atoms. The van der Waals surface area contributed by atoms with Crippen LogP contribution in [-0.4, -0.2) is 12.1 Å². The number of ether oxygens (including phenoxy) is 1. The Morgan fingerprint density at radius 2 is 1.61 bits per heavy atom. The molecule has 0 aromatic carbocycles. The van der Waals surface area contributed by atoms with Crippen LogP contribution in [0.1, 0.15) is 128 Å². The van der Waals surface area contributed by atoms with E-state index in [2.05, 4.69) is 75.3 Å². The maximum absolute atomic E-state index is 11.9. The summed E-state index contributed by atoms with van der Waals surface area (Å²) in [6.45, 7) is 26.6. The van der Waals surface area contributed by atoms with Crippen molar-refractivity contribution in [2.75, 3.05) is 0 Å². The Hall–Kier alpha value is -0.790. The molecule has 3 fully saturated rings. The van der Waals surface area contributed by atoms with E-state index in [0.717, 1.165) is 41.9 Å². The van der Waals surface area contributed by atoms with E-state index in [0.29, 0.717) is 16.7 Å². The average Bonchev–Trinajstić information content (AvgIpc) is 3.06. The molecule has 36 heavy (non-hydrogen) atoms. The Morgan fingerprint density at radius 3 is 2.22 bits per heavy atom. The molecule has 0 aliphatic heterocycles. The van der Waals surface area contributed by atoms with Crippen molar-refractivity contribution in [3.05, 3.63) is 11.6 Å². The van der Waals surface area contributed by atoms with Gasteiger partial charge in [0, 0.05) is 12.3 Å². The number of hydrogen-bond donors (Lipinski definition) is 0. The molecule has 4 aliphatic rings. The van der Waals surface area contributed by atoms with Crippen molar-refractivity contribution in [2.24, 2.45) is 63.1 Å². The van der Waals surface area contributed by atoms with Crippen LogP contribution in [-0.2, 0) is 9.53 Å². The zero-order valence-corrected chi connectivity index (χ0v) is 25.7. The normalized spacial score (nSPS) is 44.1. The Bertz CT molecular complexity index is 868. The third kappa shape index (κ3) is 4.14. The predicted molar refractivity (Wildman–Crippen MR) is 151 cm³/mol. The lowest BCUT2D eigenvalue weighted by Gasteiger charge is -2.64. The van der Waals surface area contributed by atoms with Crippen LogP contribution < -0.4 is 0 Å². The third-order valence-corrected chi connectivity index (χ3v) is 13.5. The van der Waals surface area contributed by atoms with E-state index in [9.17, 15) is 4.79 Å². The highest BCUT2D eigenvalue weighted by Crippen LogP contribution is 2.73. The van der Waals surface area contributed by atoms with Crippen LogP contribution in [0.5, 0.6) is 0 Å². The monoisotopic (exact) mass is 498 g/mol. The van der Waals surface area contributed by atoms with Gasteiger partial charge in [0.15, 0.2) is 0 Å². The third-order valence-electron chi connectivity index (χ3n) is 13.5. The van der Waals surface area contributed by atoms with Crippen LogP contribution in [0, 0.1) is 63.1 Å². The molecule has 3 saturated carbocycles. The minimum Gasteiger partial charge on any atom is -0.462 e. The highest BCUT2D eigenvalue weighted by Gasteiger charge is 2.65. The Kier molecular flexibility index (Phi) is 7.40. The van der Waals surface area contributed by atoms with Gasteiger partial charge in [-0.25, -0.2) is 0 Å². The maximum atomic E-state index is 11.9. The topological polar surface area (TPSA) is 26.3 Å². The molecule has 4 rings (SSSR count). The molecule has 0 N–H and O–H groups in total. The van der Waals surface area contributed by atoms with Gasteiger partial charge in [-0.05, 0) is 109 Å². The number of allylic oxidation sites excluding steroid dienone is 2. The van der Waals surface area contributed by atoms with E-state index in [1.165, 1.54) is 44.9 Å². The van der Waals surface area contributed by atoms with Crippen LogP contribution in [0.3, 0.4) is 0 Å². The zero-order chi connectivity index (χ0) is 26.8. The van der Waals surface area contributed by atoms with E-state index in [-0.39, 0.29) is 22.9 Å². The van der Waals surface area contributed by atoms with Gasteiger partial charge in [0.2, 0.25) is 0 Å². The van der Waals surface area contributed by atoms with Crippen LogP contribution in [0.25, 0.3) is 0 Å². The molecule has 0 saturated heterocycles. The molecule has 0 radical (unpaired) electrons. The lowest BCUT2D eigenvalue weighted by atomic mass is 9.41. The largest absolute Gasteiger partial charge is 0.462 e. The van der Waals surface area contributed by atoms with Crippen LogP contribution in [0.15, 0.2) is 11.6 Å². The van der Waals surface area contributed by atoms with E-state index >= 15 is 0 Å². The lowest BCUT2D eigenvalue weighted by Crippen LogP contribution is -2.58. The van der Waals surface area contributed by atoms with Crippen molar-refractivity contribution in [1.29, 1.82) is 0 Å². The Labute approximate surface area is 223 Å². The molecule has 206 valence electrons. The summed E-state index contributed by atoms with van der Waals surface area (Å²) in [6.07, 6.45) is 13.0. The first kappa shape index (κ1) is 28.2. The molecular formula is C34H58O2. The van der Waals surface area contributed by atoms with Gasteiger partial charge in [-0.2, -0.15) is 0 Å². The molecule has 2 nitrogen and oxygen atoms in total. The summed E-state index contributed by atoms with van der Waals surface area (Å²) in [5, 5.41) is 0. The average molecular weight is 499 g/mol. The number of carbonyl (C=O) groups excluding carboxylic acids is 1. The summed E-state index contributed by atoms with van der Waals surface area (Å²) in [6, 6.07) is 0. The minimum atomic E-state index is -0.117. The fourth-order valence-electron chi connectivity index (χ4n) is 10.7. The maximum Gasteiger partial charge on any atom is 0.302 e. The van der Waals surface area contributed by atoms with Gasteiger partial charge in [-0.1, -0.05) is 80.9 Å². The van der Waals surface area contributed by atoms with Crippen molar-refractivity contribution in [3.63, 3.8) is 0 Å². The molecule has 0 aromatic rings. The van der Waals surface area contributed by atoms with E-state index in [1.807, 2.05) is 0 Å². The molecule has 2 heteroatoms. The number of carbonyl (C=O) groups is 1. The van der Waals surface area contributed by atoms with Gasteiger partial charge in [0.25, 0.3) is 0 Å². The molecule has 0 aromatic heterocycles. The highest BCUT2D eigenvalue weighted by atomic mass is 16.5. The molecule has 4 aliphatic carbocycles. The van der Waals surface area contributed by atoms with Crippen molar-refractivity contribution >= 4 is 5.97 Å². The van der Waals surface area contributed by atoms with Gasteiger partial charge >= 0.3 is 5.97 Å². The van der Waals surface area contributed by atoms with Gasteiger partial charge in [0.1, 0.15) is 6.10 Å². The van der Waals surface area contributed by atoms with E-state index < -0.39 is 0 Å². The lowest BCUT2D eigenvalue weighted by molar-refractivity contribution is -0.170. The minimum absolute atomic E-state index is 0.0299. The van der Waals surface area contributed by atoms with E-state index in [4.69, 9.17) is 4.74 Å². The fourth-order valence-corrected chi connectivity index (χ4v) is 10.7. The quantitative estimate of drug-likeness (QED) is 0.269. The number of fused-ring (bicyclic) bond motifs is 5. The number of hydrogen-bond acceptors (Lipinski definition) is 2.